The number of nitrogens with zero attached hydrogens (tertiary/aromatic N) is 3. The van der Waals surface area contributed by atoms with Crippen LogP contribution < -0.4 is 0 Å². The number of likely N-dealkylation sites (tertiary alicyclic amines) is 1. The number of rotatable bonds is 4. The molecule has 1 unspecified atom stereocenters. The van der Waals surface area contributed by atoms with Crippen molar-refractivity contribution >= 4 is 17.7 Å². The Hall–Kier alpha value is -1.16. The van der Waals surface area contributed by atoms with Gasteiger partial charge in [0.1, 0.15) is 0 Å². The summed E-state index contributed by atoms with van der Waals surface area (Å²) in [6.07, 6.45) is 1.27. The molecule has 1 saturated heterocycles. The highest BCUT2D eigenvalue weighted by Gasteiger charge is 2.25. The Balaban J connectivity index is 1.84. The molecule has 4 heteroatoms. The first-order valence-electron chi connectivity index (χ1n) is 7.35. The minimum atomic E-state index is 0.766. The van der Waals surface area contributed by atoms with Crippen LogP contribution in [0.25, 0.3) is 0 Å². The molecule has 0 spiro atoms. The highest BCUT2D eigenvalue weighted by Crippen LogP contribution is 2.26. The predicted octanol–water partition coefficient (Wildman–Crippen LogP) is 3.04. The van der Waals surface area contributed by atoms with Crippen LogP contribution in [0.1, 0.15) is 13.3 Å². The van der Waals surface area contributed by atoms with E-state index >= 15 is 0 Å². The minimum absolute atomic E-state index is 0.766. The summed E-state index contributed by atoms with van der Waals surface area (Å²) < 4.78 is 0. The van der Waals surface area contributed by atoms with Gasteiger partial charge in [-0.05, 0) is 31.4 Å². The fourth-order valence-corrected chi connectivity index (χ4v) is 3.60. The maximum absolute atomic E-state index is 4.62. The fraction of sp³-hybridized carbons (Fsp3) is 0.562. The van der Waals surface area contributed by atoms with Gasteiger partial charge in [-0.1, -0.05) is 18.2 Å². The molecule has 1 atom stereocenters. The topological polar surface area (TPSA) is 18.8 Å². The van der Waals surface area contributed by atoms with Crippen molar-refractivity contribution in [1.82, 2.24) is 9.80 Å². The molecule has 1 fully saturated rings. The first-order valence-corrected chi connectivity index (χ1v) is 8.33. The van der Waals surface area contributed by atoms with E-state index in [-0.39, 0.29) is 0 Å². The Labute approximate surface area is 127 Å². The third-order valence-electron chi connectivity index (χ3n) is 3.50. The van der Waals surface area contributed by atoms with Gasteiger partial charge < -0.3 is 9.80 Å². The van der Waals surface area contributed by atoms with Gasteiger partial charge in [0.05, 0.1) is 0 Å². The van der Waals surface area contributed by atoms with E-state index < -0.39 is 0 Å². The molecule has 0 amide bonds. The van der Waals surface area contributed by atoms with Gasteiger partial charge in [-0.15, -0.1) is 11.8 Å². The smallest absolute Gasteiger partial charge is 0.196 e. The van der Waals surface area contributed by atoms with Crippen molar-refractivity contribution in [2.24, 2.45) is 10.9 Å². The maximum atomic E-state index is 4.62. The maximum Gasteiger partial charge on any atom is 0.196 e. The van der Waals surface area contributed by atoms with Gasteiger partial charge in [0, 0.05) is 44.4 Å². The molecule has 1 aromatic rings. The molecule has 0 aliphatic carbocycles. The van der Waals surface area contributed by atoms with Gasteiger partial charge in [0.2, 0.25) is 0 Å². The summed E-state index contributed by atoms with van der Waals surface area (Å²) in [7, 11) is 4.17. The number of hydrogen-bond donors (Lipinski definition) is 0. The quantitative estimate of drug-likeness (QED) is 0.483. The SMILES string of the molecule is CCN=C(N(C)C)N1CCC(CSc2ccccc2)C1. The fourth-order valence-electron chi connectivity index (χ4n) is 2.55. The van der Waals surface area contributed by atoms with Crippen LogP contribution >= 0.6 is 11.8 Å². The molecule has 20 heavy (non-hydrogen) atoms. The number of thioether (sulfide) groups is 1. The van der Waals surface area contributed by atoms with Crippen molar-refractivity contribution < 1.29 is 0 Å². The van der Waals surface area contributed by atoms with Crippen LogP contribution in [0, 0.1) is 5.92 Å². The minimum Gasteiger partial charge on any atom is -0.349 e. The van der Waals surface area contributed by atoms with E-state index in [0.29, 0.717) is 0 Å². The Morgan fingerprint density at radius 2 is 2.10 bits per heavy atom. The highest BCUT2D eigenvalue weighted by atomic mass is 32.2. The van der Waals surface area contributed by atoms with Crippen LogP contribution in [0.15, 0.2) is 40.2 Å². The third-order valence-corrected chi connectivity index (χ3v) is 4.74. The Morgan fingerprint density at radius 1 is 1.35 bits per heavy atom. The second kappa shape index (κ2) is 7.58. The molecule has 0 radical (unpaired) electrons. The first kappa shape index (κ1) is 15.2. The molecule has 0 N–H and O–H groups in total. The van der Waals surface area contributed by atoms with Crippen LogP contribution in [-0.4, -0.2) is 55.2 Å². The molecule has 1 heterocycles. The van der Waals surface area contributed by atoms with Gasteiger partial charge >= 0.3 is 0 Å². The van der Waals surface area contributed by atoms with E-state index in [9.17, 15) is 0 Å². The summed E-state index contributed by atoms with van der Waals surface area (Å²) in [6, 6.07) is 10.7. The molecule has 3 nitrogen and oxygen atoms in total. The van der Waals surface area contributed by atoms with Gasteiger partial charge in [-0.3, -0.25) is 4.99 Å². The summed E-state index contributed by atoms with van der Waals surface area (Å²) in [5.41, 5.74) is 0. The standard InChI is InChI=1S/C16H25N3S/c1-4-17-16(18(2)3)19-11-10-14(12-19)13-20-15-8-6-5-7-9-15/h5-9,14H,4,10-13H2,1-3H3. The predicted molar refractivity (Wildman–Crippen MR) is 88.5 cm³/mol. The Bertz CT molecular complexity index is 431. The lowest BCUT2D eigenvalue weighted by atomic mass is 10.2. The van der Waals surface area contributed by atoms with Gasteiger partial charge in [-0.25, -0.2) is 0 Å². The molecule has 1 aliphatic heterocycles. The average Bonchev–Trinajstić information content (AvgIpc) is 2.92. The van der Waals surface area contributed by atoms with E-state index in [1.54, 1.807) is 0 Å². The van der Waals surface area contributed by atoms with E-state index in [1.807, 2.05) is 11.8 Å². The molecule has 1 aromatic carbocycles. The normalized spacial score (nSPS) is 19.4. The molecule has 2 rings (SSSR count). The highest BCUT2D eigenvalue weighted by molar-refractivity contribution is 7.99. The van der Waals surface area contributed by atoms with Crippen LogP contribution in [0.2, 0.25) is 0 Å². The third kappa shape index (κ3) is 4.17. The first-order chi connectivity index (χ1) is 9.70. The van der Waals surface area contributed by atoms with Crippen molar-refractivity contribution in [3.05, 3.63) is 30.3 Å². The molecule has 110 valence electrons. The van der Waals surface area contributed by atoms with E-state index in [1.165, 1.54) is 17.1 Å². The Morgan fingerprint density at radius 3 is 2.75 bits per heavy atom. The second-order valence-corrected chi connectivity index (χ2v) is 6.49. The van der Waals surface area contributed by atoms with Crippen molar-refractivity contribution in [2.75, 3.05) is 39.5 Å². The summed E-state index contributed by atoms with van der Waals surface area (Å²) in [6.45, 7) is 5.23. The number of benzene rings is 1. The lowest BCUT2D eigenvalue weighted by molar-refractivity contribution is 0.417. The molecule has 0 bridgehead atoms. The number of aliphatic imine (C=N–C) groups is 1. The van der Waals surface area contributed by atoms with Crippen LogP contribution in [0.4, 0.5) is 0 Å². The van der Waals surface area contributed by atoms with Gasteiger partial charge in [-0.2, -0.15) is 0 Å². The van der Waals surface area contributed by atoms with Gasteiger partial charge in [0.15, 0.2) is 5.96 Å². The van der Waals surface area contributed by atoms with E-state index in [4.69, 9.17) is 0 Å². The largest absolute Gasteiger partial charge is 0.349 e. The number of hydrogen-bond acceptors (Lipinski definition) is 2. The van der Waals surface area contributed by atoms with Crippen molar-refractivity contribution in [3.8, 4) is 0 Å². The molecule has 1 aliphatic rings. The molecular formula is C16H25N3S. The number of guanidine groups is 1. The monoisotopic (exact) mass is 291 g/mol. The zero-order valence-electron chi connectivity index (χ0n) is 12.7. The van der Waals surface area contributed by atoms with Crippen molar-refractivity contribution in [3.63, 3.8) is 0 Å². The van der Waals surface area contributed by atoms with Crippen LogP contribution in [0.5, 0.6) is 0 Å². The summed E-state index contributed by atoms with van der Waals surface area (Å²) in [5.74, 6) is 3.11. The van der Waals surface area contributed by atoms with Crippen molar-refractivity contribution in [1.29, 1.82) is 0 Å². The van der Waals surface area contributed by atoms with Crippen molar-refractivity contribution in [2.45, 2.75) is 18.2 Å². The second-order valence-electron chi connectivity index (χ2n) is 5.39. The summed E-state index contributed by atoms with van der Waals surface area (Å²) in [4.78, 5) is 10.6. The Kier molecular flexibility index (Phi) is 5.77. The lowest BCUT2D eigenvalue weighted by Crippen LogP contribution is -2.39. The summed E-state index contributed by atoms with van der Waals surface area (Å²) in [5, 5.41) is 0. The molecular weight excluding hydrogens is 266 g/mol. The zero-order valence-corrected chi connectivity index (χ0v) is 13.6. The summed E-state index contributed by atoms with van der Waals surface area (Å²) >= 11 is 1.97. The van der Waals surface area contributed by atoms with E-state index in [0.717, 1.165) is 31.5 Å². The van der Waals surface area contributed by atoms with Gasteiger partial charge in [0.25, 0.3) is 0 Å². The average molecular weight is 291 g/mol. The zero-order chi connectivity index (χ0) is 14.4. The lowest BCUT2D eigenvalue weighted by Gasteiger charge is -2.26. The van der Waals surface area contributed by atoms with Crippen LogP contribution in [-0.2, 0) is 0 Å². The molecule has 0 saturated carbocycles. The molecule has 0 aromatic heterocycles. The van der Waals surface area contributed by atoms with Crippen LogP contribution in [0.3, 0.4) is 0 Å². The van der Waals surface area contributed by atoms with E-state index in [2.05, 4.69) is 66.1 Å².